The van der Waals surface area contributed by atoms with Gasteiger partial charge in [-0.2, -0.15) is 0 Å². The molecule has 0 aliphatic heterocycles. The zero-order valence-corrected chi connectivity index (χ0v) is 12.3. The van der Waals surface area contributed by atoms with Crippen molar-refractivity contribution in [2.45, 2.75) is 31.7 Å². The van der Waals surface area contributed by atoms with Crippen LogP contribution in [-0.2, 0) is 6.42 Å². The van der Waals surface area contributed by atoms with Crippen molar-refractivity contribution in [3.63, 3.8) is 0 Å². The second kappa shape index (κ2) is 6.87. The highest BCUT2D eigenvalue weighted by Gasteiger charge is 2.28. The lowest BCUT2D eigenvalue weighted by molar-refractivity contribution is 0.275. The van der Waals surface area contributed by atoms with Crippen LogP contribution in [0.5, 0.6) is 5.75 Å². The Morgan fingerprint density at radius 2 is 2.00 bits per heavy atom. The van der Waals surface area contributed by atoms with Gasteiger partial charge in [-0.15, -0.1) is 0 Å². The van der Waals surface area contributed by atoms with Gasteiger partial charge < -0.3 is 10.5 Å². The molecule has 1 fully saturated rings. The third-order valence-electron chi connectivity index (χ3n) is 3.56. The van der Waals surface area contributed by atoms with Gasteiger partial charge in [0.2, 0.25) is 0 Å². The van der Waals surface area contributed by atoms with Crippen molar-refractivity contribution in [3.05, 3.63) is 29.8 Å². The van der Waals surface area contributed by atoms with Gasteiger partial charge in [-0.25, -0.2) is 0 Å². The fourth-order valence-corrected chi connectivity index (χ4v) is 2.33. The minimum absolute atomic E-state index is 0.620. The van der Waals surface area contributed by atoms with Crippen LogP contribution in [0.1, 0.15) is 24.8 Å². The second-order valence-electron chi connectivity index (χ2n) is 5.08. The van der Waals surface area contributed by atoms with Crippen molar-refractivity contribution in [2.24, 2.45) is 5.73 Å². The molecule has 4 heteroatoms. The molecule has 0 aromatic heterocycles. The van der Waals surface area contributed by atoms with Crippen LogP contribution >= 0.6 is 12.2 Å². The van der Waals surface area contributed by atoms with E-state index in [-0.39, 0.29) is 0 Å². The van der Waals surface area contributed by atoms with Gasteiger partial charge in [-0.05, 0) is 37.0 Å². The molecule has 0 saturated heterocycles. The predicted octanol–water partition coefficient (Wildman–Crippen LogP) is 2.38. The number of hydrogen-bond acceptors (Lipinski definition) is 3. The van der Waals surface area contributed by atoms with Crippen LogP contribution in [0, 0.1) is 0 Å². The fraction of sp³-hybridized carbons (Fsp3) is 0.533. The molecule has 1 saturated carbocycles. The summed E-state index contributed by atoms with van der Waals surface area (Å²) in [5.41, 5.74) is 6.94. The summed E-state index contributed by atoms with van der Waals surface area (Å²) in [5, 5.41) is 0. The minimum Gasteiger partial charge on any atom is -0.497 e. The lowest BCUT2D eigenvalue weighted by atomic mass is 10.1. The van der Waals surface area contributed by atoms with Crippen molar-refractivity contribution in [3.8, 4) is 5.75 Å². The van der Waals surface area contributed by atoms with Gasteiger partial charge in [-0.1, -0.05) is 24.4 Å². The Balaban J connectivity index is 1.81. The Morgan fingerprint density at radius 1 is 1.32 bits per heavy atom. The third kappa shape index (κ3) is 4.80. The average Bonchev–Trinajstić information content (AvgIpc) is 3.23. The molecule has 104 valence electrons. The van der Waals surface area contributed by atoms with Gasteiger partial charge >= 0.3 is 0 Å². The highest BCUT2D eigenvalue weighted by molar-refractivity contribution is 7.80. The second-order valence-corrected chi connectivity index (χ2v) is 5.61. The van der Waals surface area contributed by atoms with Gasteiger partial charge in [0.05, 0.1) is 12.1 Å². The molecular formula is C15H22N2OS. The van der Waals surface area contributed by atoms with E-state index in [0.29, 0.717) is 4.99 Å². The Bertz CT molecular complexity index is 415. The number of methoxy groups -OCH3 is 1. The normalized spacial score (nSPS) is 14.6. The number of ether oxygens (including phenoxy) is 1. The molecule has 2 N–H and O–H groups in total. The minimum atomic E-state index is 0.620. The maximum Gasteiger partial charge on any atom is 0.118 e. The van der Waals surface area contributed by atoms with Crippen LogP contribution in [-0.4, -0.2) is 36.1 Å². The standard InChI is InChI=1S/C15H22N2OS/c1-18-14-6-2-12(3-7-14)8-10-17(13-4-5-13)11-9-15(16)19/h2-3,6-7,13H,4-5,8-11H2,1H3,(H2,16,19). The fourth-order valence-electron chi connectivity index (χ4n) is 2.24. The summed E-state index contributed by atoms with van der Waals surface area (Å²) in [7, 11) is 1.69. The largest absolute Gasteiger partial charge is 0.497 e. The van der Waals surface area contributed by atoms with Gasteiger partial charge in [0, 0.05) is 25.6 Å². The molecule has 0 radical (unpaired) electrons. The van der Waals surface area contributed by atoms with E-state index >= 15 is 0 Å². The quantitative estimate of drug-likeness (QED) is 0.741. The van der Waals surface area contributed by atoms with E-state index in [4.69, 9.17) is 22.7 Å². The number of rotatable bonds is 8. The SMILES string of the molecule is COc1ccc(CCN(CCC(N)=S)C2CC2)cc1. The molecular weight excluding hydrogens is 256 g/mol. The highest BCUT2D eigenvalue weighted by Crippen LogP contribution is 2.27. The first kappa shape index (κ1) is 14.3. The van der Waals surface area contributed by atoms with Gasteiger partial charge in [0.15, 0.2) is 0 Å². The van der Waals surface area contributed by atoms with Crippen LogP contribution in [0.3, 0.4) is 0 Å². The van der Waals surface area contributed by atoms with E-state index in [1.54, 1.807) is 7.11 Å². The number of hydrogen-bond donors (Lipinski definition) is 1. The maximum atomic E-state index is 5.59. The highest BCUT2D eigenvalue weighted by atomic mass is 32.1. The lowest BCUT2D eigenvalue weighted by Gasteiger charge is -2.21. The molecule has 1 aromatic carbocycles. The Kier molecular flexibility index (Phi) is 5.16. The number of benzene rings is 1. The molecule has 0 heterocycles. The summed E-state index contributed by atoms with van der Waals surface area (Å²) < 4.78 is 5.17. The predicted molar refractivity (Wildman–Crippen MR) is 82.7 cm³/mol. The maximum absolute atomic E-state index is 5.59. The smallest absolute Gasteiger partial charge is 0.118 e. The molecule has 2 rings (SSSR count). The van der Waals surface area contributed by atoms with E-state index in [2.05, 4.69) is 17.0 Å². The number of nitrogens with two attached hydrogens (primary N) is 1. The van der Waals surface area contributed by atoms with Crippen molar-refractivity contribution in [1.82, 2.24) is 4.90 Å². The summed E-state index contributed by atoms with van der Waals surface area (Å²) in [6.07, 6.45) is 4.53. The third-order valence-corrected chi connectivity index (χ3v) is 3.76. The molecule has 3 nitrogen and oxygen atoms in total. The zero-order chi connectivity index (χ0) is 13.7. The van der Waals surface area contributed by atoms with Gasteiger partial charge in [-0.3, -0.25) is 4.90 Å². The molecule has 1 aromatic rings. The summed E-state index contributed by atoms with van der Waals surface area (Å²) >= 11 is 4.96. The van der Waals surface area contributed by atoms with Crippen molar-refractivity contribution in [1.29, 1.82) is 0 Å². The molecule has 19 heavy (non-hydrogen) atoms. The van der Waals surface area contributed by atoms with Crippen molar-refractivity contribution in [2.75, 3.05) is 20.2 Å². The zero-order valence-electron chi connectivity index (χ0n) is 11.5. The average molecular weight is 278 g/mol. The summed E-state index contributed by atoms with van der Waals surface area (Å²) in [6, 6.07) is 9.07. The number of nitrogens with zero attached hydrogens (tertiary/aromatic N) is 1. The Morgan fingerprint density at radius 3 is 2.53 bits per heavy atom. The van der Waals surface area contributed by atoms with Crippen molar-refractivity contribution >= 4 is 17.2 Å². The van der Waals surface area contributed by atoms with E-state index in [1.165, 1.54) is 18.4 Å². The van der Waals surface area contributed by atoms with E-state index < -0.39 is 0 Å². The molecule has 1 aliphatic carbocycles. The van der Waals surface area contributed by atoms with Crippen molar-refractivity contribution < 1.29 is 4.74 Å². The monoisotopic (exact) mass is 278 g/mol. The molecule has 0 unspecified atom stereocenters. The molecule has 0 spiro atoms. The van der Waals surface area contributed by atoms with Crippen LogP contribution < -0.4 is 10.5 Å². The first-order valence-electron chi connectivity index (χ1n) is 6.84. The Hall–Kier alpha value is -1.13. The van der Waals surface area contributed by atoms with Crippen LogP contribution in [0.15, 0.2) is 24.3 Å². The van der Waals surface area contributed by atoms with E-state index in [0.717, 1.165) is 37.7 Å². The first-order valence-corrected chi connectivity index (χ1v) is 7.25. The number of thiocarbonyl (C=S) groups is 1. The van der Waals surface area contributed by atoms with E-state index in [1.807, 2.05) is 12.1 Å². The van der Waals surface area contributed by atoms with Crippen LogP contribution in [0.2, 0.25) is 0 Å². The molecule has 0 amide bonds. The molecule has 0 bridgehead atoms. The summed E-state index contributed by atoms with van der Waals surface area (Å²) in [4.78, 5) is 3.14. The first-order chi connectivity index (χ1) is 9.19. The van der Waals surface area contributed by atoms with Crippen LogP contribution in [0.25, 0.3) is 0 Å². The lowest BCUT2D eigenvalue weighted by Crippen LogP contribution is -2.31. The van der Waals surface area contributed by atoms with Gasteiger partial charge in [0.1, 0.15) is 5.75 Å². The summed E-state index contributed by atoms with van der Waals surface area (Å²) in [5.74, 6) is 0.913. The molecule has 0 atom stereocenters. The molecule has 1 aliphatic rings. The topological polar surface area (TPSA) is 38.5 Å². The van der Waals surface area contributed by atoms with Crippen LogP contribution in [0.4, 0.5) is 0 Å². The Labute approximate surface area is 120 Å². The van der Waals surface area contributed by atoms with Gasteiger partial charge in [0.25, 0.3) is 0 Å². The van der Waals surface area contributed by atoms with E-state index in [9.17, 15) is 0 Å². The summed E-state index contributed by atoms with van der Waals surface area (Å²) in [6.45, 7) is 2.08.